The van der Waals surface area contributed by atoms with Crippen molar-refractivity contribution in [2.45, 2.75) is 32.2 Å². The van der Waals surface area contributed by atoms with E-state index in [0.717, 1.165) is 19.4 Å². The smallest absolute Gasteiger partial charge is 0.326 e. The van der Waals surface area contributed by atoms with Gasteiger partial charge in [-0.1, -0.05) is 6.92 Å². The largest absolute Gasteiger partial charge is 0.480 e. The van der Waals surface area contributed by atoms with E-state index < -0.39 is 12.0 Å². The molecule has 6 heteroatoms. The number of hydrogen-bond donors (Lipinski definition) is 2. The van der Waals surface area contributed by atoms with Crippen molar-refractivity contribution in [3.8, 4) is 0 Å². The maximum Gasteiger partial charge on any atom is 0.326 e. The fraction of sp³-hybridized carbons (Fsp3) is 0.833. The van der Waals surface area contributed by atoms with E-state index in [-0.39, 0.29) is 6.03 Å². The summed E-state index contributed by atoms with van der Waals surface area (Å²) in [4.78, 5) is 24.2. The number of carbonyl (C=O) groups is 2. The average molecular weight is 258 g/mol. The zero-order chi connectivity index (χ0) is 13.5. The Labute approximate surface area is 107 Å². The van der Waals surface area contributed by atoms with Crippen molar-refractivity contribution < 1.29 is 19.4 Å². The van der Waals surface area contributed by atoms with E-state index in [1.807, 2.05) is 0 Å². The number of aliphatic carboxylic acids is 1. The lowest BCUT2D eigenvalue weighted by molar-refractivity contribution is -0.139. The molecule has 1 aliphatic heterocycles. The van der Waals surface area contributed by atoms with Gasteiger partial charge in [0.05, 0.1) is 6.61 Å². The summed E-state index contributed by atoms with van der Waals surface area (Å²) in [6.07, 6.45) is 2.45. The third-order valence-electron chi connectivity index (χ3n) is 3.14. The molecule has 1 aliphatic rings. The van der Waals surface area contributed by atoms with Crippen LogP contribution in [-0.2, 0) is 9.53 Å². The van der Waals surface area contributed by atoms with Gasteiger partial charge in [-0.15, -0.1) is 0 Å². The highest BCUT2D eigenvalue weighted by atomic mass is 16.5. The van der Waals surface area contributed by atoms with Gasteiger partial charge in [0.15, 0.2) is 0 Å². The highest BCUT2D eigenvalue weighted by molar-refractivity contribution is 5.82. The summed E-state index contributed by atoms with van der Waals surface area (Å²) < 4.78 is 5.35. The first kappa shape index (κ1) is 14.8. The molecular weight excluding hydrogens is 236 g/mol. The predicted molar refractivity (Wildman–Crippen MR) is 66.4 cm³/mol. The summed E-state index contributed by atoms with van der Waals surface area (Å²) >= 11 is 0. The van der Waals surface area contributed by atoms with E-state index in [2.05, 4.69) is 5.32 Å². The van der Waals surface area contributed by atoms with Gasteiger partial charge in [0.1, 0.15) is 6.04 Å². The first-order valence-electron chi connectivity index (χ1n) is 6.36. The molecule has 0 radical (unpaired) electrons. The lowest BCUT2D eigenvalue weighted by atomic mass is 10.0. The van der Waals surface area contributed by atoms with Crippen LogP contribution in [0.1, 0.15) is 26.2 Å². The second kappa shape index (κ2) is 7.20. The van der Waals surface area contributed by atoms with Crippen LogP contribution in [0.2, 0.25) is 0 Å². The predicted octanol–water partition coefficient (Wildman–Crippen LogP) is 0.918. The van der Waals surface area contributed by atoms with Gasteiger partial charge in [0.25, 0.3) is 0 Å². The number of rotatable bonds is 5. The highest BCUT2D eigenvalue weighted by Crippen LogP contribution is 2.14. The number of ether oxygens (including phenoxy) is 1. The number of amides is 2. The van der Waals surface area contributed by atoms with Crippen LogP contribution in [0.4, 0.5) is 4.79 Å². The molecule has 0 aliphatic carbocycles. The van der Waals surface area contributed by atoms with Crippen LogP contribution in [0.25, 0.3) is 0 Å². The molecule has 2 atom stereocenters. The van der Waals surface area contributed by atoms with E-state index in [0.29, 0.717) is 25.5 Å². The van der Waals surface area contributed by atoms with Crippen molar-refractivity contribution in [3.63, 3.8) is 0 Å². The summed E-state index contributed by atoms with van der Waals surface area (Å²) in [6.45, 7) is 3.80. The van der Waals surface area contributed by atoms with Gasteiger partial charge in [0, 0.05) is 26.1 Å². The van der Waals surface area contributed by atoms with Crippen LogP contribution >= 0.6 is 0 Å². The molecule has 18 heavy (non-hydrogen) atoms. The normalized spacial score (nSPS) is 21.1. The van der Waals surface area contributed by atoms with Crippen molar-refractivity contribution in [1.29, 1.82) is 0 Å². The van der Waals surface area contributed by atoms with Crippen LogP contribution in [0, 0.1) is 5.92 Å². The van der Waals surface area contributed by atoms with Gasteiger partial charge in [-0.25, -0.2) is 9.59 Å². The topological polar surface area (TPSA) is 78.9 Å². The third kappa shape index (κ3) is 4.52. The highest BCUT2D eigenvalue weighted by Gasteiger charge is 2.22. The lowest BCUT2D eigenvalue weighted by Crippen LogP contribution is -2.48. The van der Waals surface area contributed by atoms with Gasteiger partial charge < -0.3 is 20.1 Å². The Morgan fingerprint density at radius 1 is 1.56 bits per heavy atom. The number of carboxylic acid groups (broad SMARTS) is 1. The molecule has 1 rings (SSSR count). The van der Waals surface area contributed by atoms with Crippen LogP contribution in [0.5, 0.6) is 0 Å². The van der Waals surface area contributed by atoms with Crippen LogP contribution < -0.4 is 5.32 Å². The van der Waals surface area contributed by atoms with Crippen LogP contribution in [-0.4, -0.2) is 54.9 Å². The Bertz CT molecular complexity index is 290. The zero-order valence-corrected chi connectivity index (χ0v) is 11.0. The minimum atomic E-state index is -1.000. The molecule has 1 heterocycles. The Hall–Kier alpha value is -1.30. The van der Waals surface area contributed by atoms with Crippen molar-refractivity contribution >= 4 is 12.0 Å². The summed E-state index contributed by atoms with van der Waals surface area (Å²) in [6, 6.07) is -1.16. The molecule has 0 aromatic heterocycles. The molecule has 104 valence electrons. The average Bonchev–Trinajstić information content (AvgIpc) is 2.36. The minimum Gasteiger partial charge on any atom is -0.480 e. The summed E-state index contributed by atoms with van der Waals surface area (Å²) in [5.74, 6) is -0.653. The molecule has 1 unspecified atom stereocenters. The standard InChI is InChI=1S/C12H22N2O4/c1-3-10(11(15)16)13-12(17)14(2)7-9-5-4-6-18-8-9/h9-10H,3-8H2,1-2H3,(H,13,17)(H,15,16)/t9?,10-/m0/s1. The maximum atomic E-state index is 11.8. The van der Waals surface area contributed by atoms with Crippen LogP contribution in [0.15, 0.2) is 0 Å². The summed E-state index contributed by atoms with van der Waals surface area (Å²) in [7, 11) is 1.68. The number of urea groups is 1. The van der Waals surface area contributed by atoms with E-state index in [1.165, 1.54) is 4.90 Å². The van der Waals surface area contributed by atoms with Gasteiger partial charge in [0.2, 0.25) is 0 Å². The molecule has 1 fully saturated rings. The number of nitrogens with one attached hydrogen (secondary N) is 1. The number of carbonyl (C=O) groups excluding carboxylic acids is 1. The fourth-order valence-corrected chi connectivity index (χ4v) is 2.02. The summed E-state index contributed by atoms with van der Waals surface area (Å²) in [5.41, 5.74) is 0. The maximum absolute atomic E-state index is 11.8. The molecule has 0 saturated carbocycles. The Morgan fingerprint density at radius 2 is 2.28 bits per heavy atom. The molecule has 2 amide bonds. The molecule has 0 spiro atoms. The molecule has 1 saturated heterocycles. The van der Waals surface area contributed by atoms with Crippen molar-refractivity contribution in [3.05, 3.63) is 0 Å². The van der Waals surface area contributed by atoms with Gasteiger partial charge in [-0.3, -0.25) is 0 Å². The van der Waals surface area contributed by atoms with E-state index in [1.54, 1.807) is 14.0 Å². The minimum absolute atomic E-state index is 0.338. The zero-order valence-electron chi connectivity index (χ0n) is 11.0. The van der Waals surface area contributed by atoms with Crippen molar-refractivity contribution in [2.24, 2.45) is 5.92 Å². The van der Waals surface area contributed by atoms with E-state index in [9.17, 15) is 9.59 Å². The summed E-state index contributed by atoms with van der Waals surface area (Å²) in [5, 5.41) is 11.4. The van der Waals surface area contributed by atoms with Gasteiger partial charge >= 0.3 is 12.0 Å². The van der Waals surface area contributed by atoms with E-state index >= 15 is 0 Å². The third-order valence-corrected chi connectivity index (χ3v) is 3.14. The molecule has 6 nitrogen and oxygen atoms in total. The second-order valence-electron chi connectivity index (χ2n) is 4.71. The molecule has 2 N–H and O–H groups in total. The fourth-order valence-electron chi connectivity index (χ4n) is 2.02. The monoisotopic (exact) mass is 258 g/mol. The van der Waals surface area contributed by atoms with Gasteiger partial charge in [-0.05, 0) is 19.3 Å². The Morgan fingerprint density at radius 3 is 2.78 bits per heavy atom. The molecule has 0 bridgehead atoms. The molecular formula is C12H22N2O4. The number of nitrogens with zero attached hydrogens (tertiary/aromatic N) is 1. The van der Waals surface area contributed by atoms with Gasteiger partial charge in [-0.2, -0.15) is 0 Å². The van der Waals surface area contributed by atoms with E-state index in [4.69, 9.17) is 9.84 Å². The SMILES string of the molecule is CC[C@H](NC(=O)N(C)CC1CCCOC1)C(=O)O. The number of hydrogen-bond acceptors (Lipinski definition) is 3. The molecule has 0 aromatic carbocycles. The molecule has 0 aromatic rings. The van der Waals surface area contributed by atoms with Crippen molar-refractivity contribution in [1.82, 2.24) is 10.2 Å². The van der Waals surface area contributed by atoms with Crippen LogP contribution in [0.3, 0.4) is 0 Å². The number of carboxylic acids is 1. The Kier molecular flexibility index (Phi) is 5.91. The lowest BCUT2D eigenvalue weighted by Gasteiger charge is -2.28. The quantitative estimate of drug-likeness (QED) is 0.768. The first-order valence-corrected chi connectivity index (χ1v) is 6.36. The first-order chi connectivity index (χ1) is 8.54. The second-order valence-corrected chi connectivity index (χ2v) is 4.71. The van der Waals surface area contributed by atoms with Crippen molar-refractivity contribution in [2.75, 3.05) is 26.8 Å². The Balaban J connectivity index is 2.37.